The molecule has 2 aliphatic heterocycles. The molecule has 2 N–H and O–H groups in total. The Morgan fingerprint density at radius 2 is 1.84 bits per heavy atom. The van der Waals surface area contributed by atoms with Crippen LogP contribution in [0.4, 0.5) is 0 Å². The molecule has 4 heterocycles. The monoisotopic (exact) mass is 728 g/mol. The van der Waals surface area contributed by atoms with Gasteiger partial charge in [0.1, 0.15) is 11.8 Å². The summed E-state index contributed by atoms with van der Waals surface area (Å²) in [6, 6.07) is 9.80. The van der Waals surface area contributed by atoms with Gasteiger partial charge in [0.05, 0.1) is 50.9 Å². The van der Waals surface area contributed by atoms with Crippen molar-refractivity contribution in [3.05, 3.63) is 66.1 Å². The normalized spacial score (nSPS) is 17.3. The van der Waals surface area contributed by atoms with Crippen LogP contribution in [0.3, 0.4) is 0 Å². The number of quaternary nitrogens is 1. The number of likely N-dealkylation sites (tertiary alicyclic amines) is 2. The number of carbonyl (C=O) groups is 4. The average Bonchev–Trinajstić information content (AvgIpc) is 3.55. The highest BCUT2D eigenvalue weighted by Gasteiger charge is 2.37. The second-order valence-electron chi connectivity index (χ2n) is 11.9. The Morgan fingerprint density at radius 3 is 2.62 bits per heavy atom. The molecule has 0 unspecified atom stereocenters. The zero-order valence-electron chi connectivity index (χ0n) is 25.7. The third kappa shape index (κ3) is 8.97. The van der Waals surface area contributed by atoms with Crippen molar-refractivity contribution in [1.29, 1.82) is 0 Å². The minimum Gasteiger partial charge on any atom is -1.00 e. The van der Waals surface area contributed by atoms with Crippen LogP contribution in [0.1, 0.15) is 54.4 Å². The molecule has 45 heavy (non-hydrogen) atoms. The summed E-state index contributed by atoms with van der Waals surface area (Å²) in [6.45, 7) is 4.33. The number of fused-ring (bicyclic) bond motifs is 1. The topological polar surface area (TPSA) is 131 Å². The molecule has 3 amide bonds. The summed E-state index contributed by atoms with van der Waals surface area (Å²) < 4.78 is 7.15. The van der Waals surface area contributed by atoms with E-state index in [1.807, 2.05) is 18.2 Å². The quantitative estimate of drug-likeness (QED) is 0.113. The fourth-order valence-electron chi connectivity index (χ4n) is 6.16. The molecule has 2 saturated heterocycles. The van der Waals surface area contributed by atoms with Gasteiger partial charge >= 0.3 is 0 Å². The van der Waals surface area contributed by atoms with Crippen molar-refractivity contribution in [2.45, 2.75) is 51.1 Å². The predicted molar refractivity (Wildman–Crippen MR) is 165 cm³/mol. The van der Waals surface area contributed by atoms with Gasteiger partial charge < -0.3 is 48.7 Å². The number of nitrogens with zero attached hydrogens (tertiary/aromatic N) is 4. The number of ketones is 1. The van der Waals surface area contributed by atoms with Crippen LogP contribution in [0.2, 0.25) is 0 Å². The Kier molecular flexibility index (Phi) is 12.2. The summed E-state index contributed by atoms with van der Waals surface area (Å²) in [5, 5.41) is 5.93. The molecule has 0 spiro atoms. The van der Waals surface area contributed by atoms with Crippen molar-refractivity contribution in [2.24, 2.45) is 0 Å². The van der Waals surface area contributed by atoms with Crippen LogP contribution in [0.5, 0.6) is 5.75 Å². The Balaban J connectivity index is 0.00000461. The molecule has 1 atom stereocenters. The molecule has 2 aliphatic rings. The fraction of sp³-hybridized carbons (Fsp3) is 0.455. The minimum absolute atomic E-state index is 0. The molecule has 0 saturated carbocycles. The number of hydrogen-bond donors (Lipinski definition) is 2. The molecular weight excluding hydrogens is 687 g/mol. The van der Waals surface area contributed by atoms with Crippen LogP contribution >= 0.6 is 0 Å². The molecule has 12 heteroatoms. The maximum Gasteiger partial charge on any atom is 0.289 e. The number of Topliss-reactive ketones (excluding diaryl/α,β-unsaturated/α-hetero) is 1. The second-order valence-corrected chi connectivity index (χ2v) is 11.9. The van der Waals surface area contributed by atoms with Gasteiger partial charge in [-0.15, -0.1) is 0 Å². The average molecular weight is 729 g/mol. The van der Waals surface area contributed by atoms with Gasteiger partial charge in [0.15, 0.2) is 0 Å². The van der Waals surface area contributed by atoms with Gasteiger partial charge in [0.25, 0.3) is 11.8 Å². The largest absolute Gasteiger partial charge is 1.00 e. The van der Waals surface area contributed by atoms with E-state index >= 15 is 0 Å². The van der Waals surface area contributed by atoms with Crippen molar-refractivity contribution in [3.63, 3.8) is 0 Å². The number of aromatic nitrogens is 2. The number of benzene rings is 1. The van der Waals surface area contributed by atoms with Gasteiger partial charge in [-0.25, -0.2) is 0 Å². The Bertz CT molecular complexity index is 1500. The highest BCUT2D eigenvalue weighted by atomic mass is 127. The zero-order chi connectivity index (χ0) is 30.9. The van der Waals surface area contributed by atoms with E-state index in [9.17, 15) is 19.2 Å². The first-order valence-electron chi connectivity index (χ1n) is 15.5. The third-order valence-corrected chi connectivity index (χ3v) is 8.64. The molecule has 5 rings (SSSR count). The van der Waals surface area contributed by atoms with Crippen LogP contribution in [0, 0.1) is 0 Å². The van der Waals surface area contributed by atoms with Crippen LogP contribution in [0.25, 0.3) is 10.9 Å². The molecule has 0 bridgehead atoms. The predicted octanol–water partition coefficient (Wildman–Crippen LogP) is -0.360. The van der Waals surface area contributed by atoms with E-state index < -0.39 is 29.5 Å². The summed E-state index contributed by atoms with van der Waals surface area (Å²) in [7, 11) is 2.32. The highest BCUT2D eigenvalue weighted by Crippen LogP contribution is 2.24. The molecule has 2 aromatic heterocycles. The molecule has 11 nitrogen and oxygen atoms in total. The number of carbonyl (C=O) groups excluding carboxylic acids is 4. The Hall–Kier alpha value is -3.65. The van der Waals surface area contributed by atoms with Crippen LogP contribution in [-0.2, 0) is 20.9 Å². The van der Waals surface area contributed by atoms with Crippen LogP contribution in [-0.4, -0.2) is 95.3 Å². The second kappa shape index (κ2) is 16.1. The standard InChI is InChI=1S/C33H40N6O5.HI/c1-39(16-3-2-4-17-39)18-7-19-44-25-10-11-28-27(20-25)26(12-14-35-28)32(42)37-23-30(40)38-15-6-9-29(38)31(41)33(43)36-22-24-8-5-13-34-21-24;/h5,8,10-14,20-21,29H,2-4,6-7,9,15-19,22-23H2,1H3,(H-,36,37,42,43);1H/t29-;/m0./s1. The summed E-state index contributed by atoms with van der Waals surface area (Å²) in [4.78, 5) is 61.5. The van der Waals surface area contributed by atoms with Crippen molar-refractivity contribution in [3.8, 4) is 5.75 Å². The third-order valence-electron chi connectivity index (χ3n) is 8.64. The summed E-state index contributed by atoms with van der Waals surface area (Å²) in [5.41, 5.74) is 1.79. The zero-order valence-corrected chi connectivity index (χ0v) is 27.8. The molecule has 0 aliphatic carbocycles. The molecule has 3 aromatic rings. The van der Waals surface area contributed by atoms with Crippen molar-refractivity contribution in [2.75, 3.05) is 46.4 Å². The lowest BCUT2D eigenvalue weighted by molar-refractivity contribution is -0.914. The summed E-state index contributed by atoms with van der Waals surface area (Å²) in [5.74, 6) is -1.59. The van der Waals surface area contributed by atoms with E-state index in [0.717, 1.165) is 23.0 Å². The number of nitrogens with one attached hydrogen (secondary N) is 2. The first-order valence-corrected chi connectivity index (χ1v) is 15.5. The Labute approximate surface area is 280 Å². The number of pyridine rings is 2. The van der Waals surface area contributed by atoms with Crippen molar-refractivity contribution < 1.29 is 52.4 Å². The lowest BCUT2D eigenvalue weighted by atomic mass is 10.1. The van der Waals surface area contributed by atoms with Gasteiger partial charge in [-0.2, -0.15) is 0 Å². The van der Waals surface area contributed by atoms with E-state index in [2.05, 4.69) is 27.6 Å². The summed E-state index contributed by atoms with van der Waals surface area (Å²) >= 11 is 0. The number of rotatable bonds is 12. The summed E-state index contributed by atoms with van der Waals surface area (Å²) in [6.07, 6.45) is 10.6. The molecule has 1 aromatic carbocycles. The van der Waals surface area contributed by atoms with E-state index in [0.29, 0.717) is 48.2 Å². The van der Waals surface area contributed by atoms with E-state index in [1.165, 1.54) is 37.3 Å². The highest BCUT2D eigenvalue weighted by molar-refractivity contribution is 6.38. The van der Waals surface area contributed by atoms with Crippen molar-refractivity contribution in [1.82, 2.24) is 25.5 Å². The van der Waals surface area contributed by atoms with E-state index in [1.54, 1.807) is 36.8 Å². The SMILES string of the molecule is C[N+]1(CCCOc2ccc3nccc(C(=O)NCC(=O)N4CCC[C@H]4C(=O)C(=O)NCc4cccnc4)c3c2)CCCCC1.[I-]. The number of piperidine rings is 1. The van der Waals surface area contributed by atoms with Crippen molar-refractivity contribution >= 4 is 34.4 Å². The first kappa shape index (κ1) is 34.2. The smallest absolute Gasteiger partial charge is 0.289 e. The number of amides is 3. The van der Waals surface area contributed by atoms with Crippen LogP contribution in [0.15, 0.2) is 55.0 Å². The lowest BCUT2D eigenvalue weighted by Gasteiger charge is -2.37. The minimum atomic E-state index is -0.853. The fourth-order valence-corrected chi connectivity index (χ4v) is 6.16. The van der Waals surface area contributed by atoms with E-state index in [4.69, 9.17) is 4.74 Å². The van der Waals surface area contributed by atoms with E-state index in [-0.39, 0.29) is 37.1 Å². The number of ether oxygens (including phenoxy) is 1. The maximum atomic E-state index is 13.2. The molecular formula is C33H41IN6O5. The molecule has 2 fully saturated rings. The Morgan fingerprint density at radius 1 is 1.02 bits per heavy atom. The van der Waals surface area contributed by atoms with Gasteiger partial charge in [-0.1, -0.05) is 6.07 Å². The van der Waals surface area contributed by atoms with Gasteiger partial charge in [-0.3, -0.25) is 29.1 Å². The lowest BCUT2D eigenvalue weighted by Crippen LogP contribution is -3.00. The van der Waals surface area contributed by atoms with Gasteiger partial charge in [0.2, 0.25) is 11.7 Å². The number of hydrogen-bond acceptors (Lipinski definition) is 7. The molecule has 0 radical (unpaired) electrons. The van der Waals surface area contributed by atoms with Gasteiger partial charge in [-0.05, 0) is 68.0 Å². The molecule has 240 valence electrons. The van der Waals surface area contributed by atoms with Gasteiger partial charge in [0, 0.05) is 43.5 Å². The maximum absolute atomic E-state index is 13.2. The number of halogens is 1. The van der Waals surface area contributed by atoms with Crippen LogP contribution < -0.4 is 39.3 Å². The first-order chi connectivity index (χ1) is 21.3.